The summed E-state index contributed by atoms with van der Waals surface area (Å²) in [7, 11) is 0. The summed E-state index contributed by atoms with van der Waals surface area (Å²) in [5.74, 6) is -6.40. The number of aliphatic hydroxyl groups is 1. The molecule has 67 heavy (non-hydrogen) atoms. The van der Waals surface area contributed by atoms with Gasteiger partial charge in [-0.1, -0.05) is 0 Å². The second-order valence-corrected chi connectivity index (χ2v) is 15.3. The van der Waals surface area contributed by atoms with Crippen LogP contribution in [0.1, 0.15) is 145 Å². The number of hydrogen-bond acceptors (Lipinski definition) is 21. The number of ketones is 1. The second kappa shape index (κ2) is 35.5. The number of Topliss-reactive ketones (excluding diaryl/α,β-unsaturated/α-hetero) is 1. The molecule has 3 rings (SSSR count). The molecule has 0 unspecified atom stereocenters. The summed E-state index contributed by atoms with van der Waals surface area (Å²) < 4.78 is 25.2. The highest BCUT2D eigenvalue weighted by Gasteiger charge is 2.35. The molecule has 3 heterocycles. The number of carbonyl (C=O) groups excluding carboxylic acids is 12. The maximum absolute atomic E-state index is 11.5. The number of aliphatic hydroxyl groups excluding tert-OH is 1. The van der Waals surface area contributed by atoms with Crippen molar-refractivity contribution in [3.05, 3.63) is 0 Å². The molecule has 0 bridgehead atoms. The van der Waals surface area contributed by atoms with Crippen LogP contribution in [0.3, 0.4) is 0 Å². The zero-order valence-corrected chi connectivity index (χ0v) is 39.5. The second-order valence-electron chi connectivity index (χ2n) is 15.3. The Morgan fingerprint density at radius 3 is 0.910 bits per heavy atom. The van der Waals surface area contributed by atoms with Crippen molar-refractivity contribution in [1.82, 2.24) is 15.2 Å². The smallest absolute Gasteiger partial charge is 0.333 e. The number of nitrogens with zero attached hydrogens (tertiary/aromatic N) is 3. The molecule has 24 heteroatoms. The lowest BCUT2D eigenvalue weighted by atomic mass is 10.2. The molecular weight excluding hydrogens is 894 g/mol. The van der Waals surface area contributed by atoms with Crippen LogP contribution in [0.2, 0.25) is 0 Å². The first-order valence-electron chi connectivity index (χ1n) is 22.0. The van der Waals surface area contributed by atoms with E-state index in [0.29, 0.717) is 54.3 Å². The fraction of sp³-hybridized carbons (Fsp3) is 0.721. The Balaban J connectivity index is 0.000000926. The molecular formula is C43H67N3O21. The van der Waals surface area contributed by atoms with Gasteiger partial charge < -0.3 is 48.1 Å². The Kier molecular flexibility index (Phi) is 32.4. The molecule has 0 atom stereocenters. The molecule has 3 aliphatic rings. The molecule has 0 aromatic carbocycles. The quantitative estimate of drug-likeness (QED) is 0.0738. The topological polar surface area (TPSA) is 309 Å². The van der Waals surface area contributed by atoms with E-state index in [1.54, 1.807) is 0 Å². The molecule has 3 fully saturated rings. The SMILES string of the molecule is CC(=O)CCCC(=O)OCCOC(C)C.CC(C)OCCO.CC(C)OCCOC(=O)CCCC(=O)ON1C(=O)CCC1=O.O=C(CCCC(=O)ON1C(=O)CCC1=O)ON1C(=O)CCC1=O. The van der Waals surface area contributed by atoms with Crippen molar-refractivity contribution >= 4 is 71.1 Å². The predicted octanol–water partition coefficient (Wildman–Crippen LogP) is 2.22. The molecule has 380 valence electrons. The van der Waals surface area contributed by atoms with Crippen LogP contribution in [-0.2, 0) is 95.7 Å². The van der Waals surface area contributed by atoms with E-state index >= 15 is 0 Å². The number of imide groups is 3. The van der Waals surface area contributed by atoms with E-state index in [4.69, 9.17) is 28.8 Å². The van der Waals surface area contributed by atoms with Gasteiger partial charge in [-0.3, -0.25) is 38.4 Å². The standard InChI is InChI=1S/C14H21NO7.C13H14N2O8.C11H20O4.C5H12O2/c1-10(2)20-8-9-21-13(18)4-3-5-14(19)22-15-11(16)6-7-12(15)17;16-8-4-5-9(17)14(8)22-12(20)2-1-3-13(21)23-15-10(18)6-7-11(15)19;1-9(2)14-7-8-15-11(13)6-4-5-10(3)12;1-5(2)7-4-3-6/h10H,3-9H2,1-2H3;1-7H2;9H,4-8H2,1-3H3;5-6H,3-4H2,1-2H3. The first-order valence-corrected chi connectivity index (χ1v) is 22.0. The fourth-order valence-electron chi connectivity index (χ4n) is 4.96. The highest BCUT2D eigenvalue weighted by atomic mass is 16.7. The van der Waals surface area contributed by atoms with Gasteiger partial charge in [0.1, 0.15) is 19.0 Å². The van der Waals surface area contributed by atoms with Gasteiger partial charge in [-0.2, -0.15) is 0 Å². The van der Waals surface area contributed by atoms with Crippen molar-refractivity contribution in [2.45, 2.75) is 163 Å². The molecule has 3 saturated heterocycles. The molecule has 3 aliphatic heterocycles. The predicted molar refractivity (Wildman–Crippen MR) is 226 cm³/mol. The van der Waals surface area contributed by atoms with E-state index in [0.717, 1.165) is 0 Å². The molecule has 0 aromatic rings. The minimum absolute atomic E-state index is 0.00364. The van der Waals surface area contributed by atoms with E-state index in [-0.39, 0.29) is 127 Å². The average molecular weight is 962 g/mol. The van der Waals surface area contributed by atoms with Gasteiger partial charge in [0.05, 0.1) is 44.7 Å². The number of carbonyl (C=O) groups is 12. The van der Waals surface area contributed by atoms with E-state index in [9.17, 15) is 57.5 Å². The number of rotatable bonds is 26. The molecule has 1 N–H and O–H groups in total. The summed E-state index contributed by atoms with van der Waals surface area (Å²) in [4.78, 5) is 149. The Bertz CT molecular complexity index is 1570. The Morgan fingerprint density at radius 1 is 0.418 bits per heavy atom. The highest BCUT2D eigenvalue weighted by molar-refractivity contribution is 6.03. The Labute approximate surface area is 389 Å². The van der Waals surface area contributed by atoms with Crippen molar-refractivity contribution in [3.63, 3.8) is 0 Å². The van der Waals surface area contributed by atoms with E-state index in [2.05, 4.69) is 14.5 Å². The molecule has 0 spiro atoms. The van der Waals surface area contributed by atoms with Crippen molar-refractivity contribution in [3.8, 4) is 0 Å². The van der Waals surface area contributed by atoms with Crippen molar-refractivity contribution in [2.24, 2.45) is 0 Å². The first-order chi connectivity index (χ1) is 31.6. The van der Waals surface area contributed by atoms with Crippen LogP contribution < -0.4 is 0 Å². The van der Waals surface area contributed by atoms with Gasteiger partial charge in [-0.05, 0) is 67.7 Å². The van der Waals surface area contributed by atoms with Crippen LogP contribution in [0, 0.1) is 0 Å². The van der Waals surface area contributed by atoms with Gasteiger partial charge in [0, 0.05) is 77.0 Å². The van der Waals surface area contributed by atoms with Crippen LogP contribution in [-0.4, -0.2) is 149 Å². The van der Waals surface area contributed by atoms with E-state index in [1.165, 1.54) is 6.92 Å². The number of hydrogen-bond donors (Lipinski definition) is 1. The van der Waals surface area contributed by atoms with Gasteiger partial charge in [0.25, 0.3) is 35.4 Å². The van der Waals surface area contributed by atoms with Gasteiger partial charge >= 0.3 is 29.8 Å². The molecule has 0 aromatic heterocycles. The summed E-state index contributed by atoms with van der Waals surface area (Å²) in [6.07, 6.45) is 1.64. The number of hydroxylamine groups is 6. The van der Waals surface area contributed by atoms with Gasteiger partial charge in [0.15, 0.2) is 0 Å². The third-order valence-corrected chi connectivity index (χ3v) is 8.17. The molecule has 0 radical (unpaired) electrons. The van der Waals surface area contributed by atoms with Crippen molar-refractivity contribution < 1.29 is 101 Å². The monoisotopic (exact) mass is 961 g/mol. The molecule has 0 saturated carbocycles. The molecule has 0 aliphatic carbocycles. The maximum Gasteiger partial charge on any atom is 0.333 e. The summed E-state index contributed by atoms with van der Waals surface area (Å²) >= 11 is 0. The normalized spacial score (nSPS) is 14.3. The largest absolute Gasteiger partial charge is 0.463 e. The van der Waals surface area contributed by atoms with Crippen LogP contribution in [0.4, 0.5) is 0 Å². The lowest BCUT2D eigenvalue weighted by molar-refractivity contribution is -0.199. The summed E-state index contributed by atoms with van der Waals surface area (Å²) in [6.45, 7) is 14.8. The number of ether oxygens (including phenoxy) is 5. The van der Waals surface area contributed by atoms with Gasteiger partial charge in [-0.25, -0.2) is 14.4 Å². The lowest BCUT2D eigenvalue weighted by Crippen LogP contribution is -2.32. The molecule has 24 nitrogen and oxygen atoms in total. The minimum atomic E-state index is -0.838. The summed E-state index contributed by atoms with van der Waals surface area (Å²) in [6, 6.07) is 0. The number of esters is 2. The number of amides is 6. The first kappa shape index (κ1) is 61.3. The Hall–Kier alpha value is -5.72. The van der Waals surface area contributed by atoms with E-state index in [1.807, 2.05) is 41.5 Å². The zero-order chi connectivity index (χ0) is 50.9. The third-order valence-electron chi connectivity index (χ3n) is 8.17. The van der Waals surface area contributed by atoms with Crippen LogP contribution in [0.25, 0.3) is 0 Å². The zero-order valence-electron chi connectivity index (χ0n) is 39.5. The van der Waals surface area contributed by atoms with Gasteiger partial charge in [-0.15, -0.1) is 15.2 Å². The maximum atomic E-state index is 11.5. The van der Waals surface area contributed by atoms with Crippen molar-refractivity contribution in [1.29, 1.82) is 0 Å². The summed E-state index contributed by atoms with van der Waals surface area (Å²) in [5, 5.41) is 9.52. The average Bonchev–Trinajstić information content (AvgIpc) is 3.86. The fourth-order valence-corrected chi connectivity index (χ4v) is 4.96. The third kappa shape index (κ3) is 31.0. The Morgan fingerprint density at radius 2 is 0.672 bits per heavy atom. The van der Waals surface area contributed by atoms with Crippen molar-refractivity contribution in [2.75, 3.05) is 39.6 Å². The minimum Gasteiger partial charge on any atom is -0.463 e. The summed E-state index contributed by atoms with van der Waals surface area (Å²) in [5.41, 5.74) is 0. The van der Waals surface area contributed by atoms with Crippen LogP contribution >= 0.6 is 0 Å². The van der Waals surface area contributed by atoms with Gasteiger partial charge in [0.2, 0.25) is 0 Å². The van der Waals surface area contributed by atoms with Crippen LogP contribution in [0.15, 0.2) is 0 Å². The lowest BCUT2D eigenvalue weighted by Gasteiger charge is -2.13. The van der Waals surface area contributed by atoms with E-state index < -0.39 is 59.3 Å². The molecule has 6 amide bonds. The highest BCUT2D eigenvalue weighted by Crippen LogP contribution is 2.16. The van der Waals surface area contributed by atoms with Crippen LogP contribution in [0.5, 0.6) is 0 Å².